The molecule has 0 unspecified atom stereocenters. The number of thioether (sulfide) groups is 1. The molecule has 0 aliphatic heterocycles. The molecule has 1 aromatic carbocycles. The number of hydrogen-bond acceptors (Lipinski definition) is 5. The van der Waals surface area contributed by atoms with Gasteiger partial charge in [0.2, 0.25) is 0 Å². The van der Waals surface area contributed by atoms with E-state index in [2.05, 4.69) is 9.97 Å². The maximum Gasteiger partial charge on any atom is 0.488 e. The molecule has 1 heterocycles. The number of rotatable bonds is 4. The summed E-state index contributed by atoms with van der Waals surface area (Å²) in [4.78, 5) is 8.04. The summed E-state index contributed by atoms with van der Waals surface area (Å²) < 4.78 is 13.6. The third-order valence-corrected chi connectivity index (χ3v) is 3.20. The van der Waals surface area contributed by atoms with E-state index in [1.54, 1.807) is 18.5 Å². The monoisotopic (exact) mass is 264 g/mol. The molecule has 0 amide bonds. The zero-order chi connectivity index (χ0) is 13.0. The lowest BCUT2D eigenvalue weighted by Crippen LogP contribution is -2.30. The summed E-state index contributed by atoms with van der Waals surface area (Å²) in [6.45, 7) is 0. The van der Waals surface area contributed by atoms with Crippen molar-refractivity contribution >= 4 is 24.3 Å². The first-order valence-corrected chi connectivity index (χ1v) is 6.19. The Balaban J connectivity index is 2.06. The van der Waals surface area contributed by atoms with Gasteiger partial charge in [-0.2, -0.15) is 0 Å². The van der Waals surface area contributed by atoms with Crippen LogP contribution in [0.1, 0.15) is 5.56 Å². The van der Waals surface area contributed by atoms with Gasteiger partial charge in [-0.25, -0.2) is 14.4 Å². The SMILES string of the molecule is OB(O)c1ccc(CSc2ncccn2)c(F)c1. The second-order valence-electron chi connectivity index (χ2n) is 3.54. The predicted octanol–water partition coefficient (Wildman–Crippen LogP) is 0.588. The van der Waals surface area contributed by atoms with Crippen molar-refractivity contribution in [3.8, 4) is 0 Å². The third kappa shape index (κ3) is 3.28. The van der Waals surface area contributed by atoms with E-state index in [1.165, 1.54) is 23.9 Å². The summed E-state index contributed by atoms with van der Waals surface area (Å²) in [6.07, 6.45) is 3.24. The van der Waals surface area contributed by atoms with Crippen molar-refractivity contribution in [2.45, 2.75) is 10.9 Å². The Morgan fingerprint density at radius 1 is 1.22 bits per heavy atom. The first-order chi connectivity index (χ1) is 8.66. The van der Waals surface area contributed by atoms with Crippen LogP contribution in [-0.2, 0) is 5.75 Å². The van der Waals surface area contributed by atoms with Gasteiger partial charge in [0, 0.05) is 18.1 Å². The highest BCUT2D eigenvalue weighted by Gasteiger charge is 2.13. The normalized spacial score (nSPS) is 10.4. The molecule has 0 aliphatic carbocycles. The predicted molar refractivity (Wildman–Crippen MR) is 67.8 cm³/mol. The Morgan fingerprint density at radius 2 is 1.94 bits per heavy atom. The van der Waals surface area contributed by atoms with Crippen LogP contribution < -0.4 is 5.46 Å². The molecule has 0 radical (unpaired) electrons. The van der Waals surface area contributed by atoms with E-state index in [9.17, 15) is 4.39 Å². The quantitative estimate of drug-likeness (QED) is 0.480. The molecule has 0 saturated carbocycles. The smallest absolute Gasteiger partial charge is 0.423 e. The van der Waals surface area contributed by atoms with Crippen molar-refractivity contribution in [3.05, 3.63) is 48.0 Å². The van der Waals surface area contributed by atoms with Crippen LogP contribution in [0, 0.1) is 5.82 Å². The van der Waals surface area contributed by atoms with Gasteiger partial charge < -0.3 is 10.0 Å². The molecule has 18 heavy (non-hydrogen) atoms. The molecule has 2 rings (SSSR count). The Hall–Kier alpha value is -1.44. The second-order valence-corrected chi connectivity index (χ2v) is 4.49. The Morgan fingerprint density at radius 3 is 2.56 bits per heavy atom. The van der Waals surface area contributed by atoms with Gasteiger partial charge in [0.25, 0.3) is 0 Å². The summed E-state index contributed by atoms with van der Waals surface area (Å²) >= 11 is 1.31. The molecule has 7 heteroatoms. The van der Waals surface area contributed by atoms with Crippen molar-refractivity contribution in [2.24, 2.45) is 0 Å². The van der Waals surface area contributed by atoms with E-state index in [-0.39, 0.29) is 5.46 Å². The van der Waals surface area contributed by atoms with Gasteiger partial charge in [0.15, 0.2) is 5.16 Å². The maximum atomic E-state index is 13.6. The first-order valence-electron chi connectivity index (χ1n) is 5.21. The number of nitrogens with zero attached hydrogens (tertiary/aromatic N) is 2. The van der Waals surface area contributed by atoms with E-state index in [0.29, 0.717) is 16.5 Å². The molecule has 0 bridgehead atoms. The Bertz CT molecular complexity index is 528. The third-order valence-electron chi connectivity index (χ3n) is 2.27. The van der Waals surface area contributed by atoms with Crippen LogP contribution >= 0.6 is 11.8 Å². The minimum absolute atomic E-state index is 0.136. The van der Waals surface area contributed by atoms with E-state index in [1.807, 2.05) is 0 Å². The summed E-state index contributed by atoms with van der Waals surface area (Å²) in [5.41, 5.74) is 0.606. The molecule has 0 aliphatic rings. The lowest BCUT2D eigenvalue weighted by Gasteiger charge is -2.05. The van der Waals surface area contributed by atoms with Gasteiger partial charge in [0.05, 0.1) is 0 Å². The van der Waals surface area contributed by atoms with Crippen molar-refractivity contribution in [1.29, 1.82) is 0 Å². The van der Waals surface area contributed by atoms with Gasteiger partial charge in [-0.3, -0.25) is 0 Å². The van der Waals surface area contributed by atoms with Crippen LogP contribution in [0.25, 0.3) is 0 Å². The summed E-state index contributed by atoms with van der Waals surface area (Å²) in [5.74, 6) is -0.0819. The summed E-state index contributed by atoms with van der Waals surface area (Å²) in [6, 6.07) is 5.84. The van der Waals surface area contributed by atoms with E-state index < -0.39 is 12.9 Å². The molecule has 0 atom stereocenters. The molecule has 4 nitrogen and oxygen atoms in total. The largest absolute Gasteiger partial charge is 0.488 e. The topological polar surface area (TPSA) is 66.2 Å². The average Bonchev–Trinajstić information content (AvgIpc) is 2.38. The highest BCUT2D eigenvalue weighted by Crippen LogP contribution is 2.19. The van der Waals surface area contributed by atoms with E-state index in [4.69, 9.17) is 10.0 Å². The molecule has 2 N–H and O–H groups in total. The van der Waals surface area contributed by atoms with Crippen molar-refractivity contribution < 1.29 is 14.4 Å². The zero-order valence-electron chi connectivity index (χ0n) is 9.32. The Labute approximate surface area is 108 Å². The van der Waals surface area contributed by atoms with Crippen LogP contribution in [0.15, 0.2) is 41.8 Å². The van der Waals surface area contributed by atoms with Gasteiger partial charge in [-0.05, 0) is 23.2 Å². The average molecular weight is 264 g/mol. The van der Waals surface area contributed by atoms with Crippen molar-refractivity contribution in [3.63, 3.8) is 0 Å². The standard InChI is InChI=1S/C11H10BFN2O2S/c13-10-6-9(12(16)17)3-2-8(10)7-18-11-14-4-1-5-15-11/h1-6,16-17H,7H2. The summed E-state index contributed by atoms with van der Waals surface area (Å²) in [7, 11) is -1.65. The van der Waals surface area contributed by atoms with E-state index in [0.717, 1.165) is 6.07 Å². The second kappa shape index (κ2) is 5.95. The summed E-state index contributed by atoms with van der Waals surface area (Å²) in [5, 5.41) is 18.4. The van der Waals surface area contributed by atoms with Crippen molar-refractivity contribution in [1.82, 2.24) is 9.97 Å². The van der Waals surface area contributed by atoms with Crippen LogP contribution in [-0.4, -0.2) is 27.1 Å². The lowest BCUT2D eigenvalue weighted by atomic mass is 9.80. The van der Waals surface area contributed by atoms with E-state index >= 15 is 0 Å². The van der Waals surface area contributed by atoms with Gasteiger partial charge in [0.1, 0.15) is 5.82 Å². The minimum Gasteiger partial charge on any atom is -0.423 e. The number of hydrogen-bond donors (Lipinski definition) is 2. The molecule has 1 aromatic heterocycles. The van der Waals surface area contributed by atoms with Gasteiger partial charge >= 0.3 is 7.12 Å². The minimum atomic E-state index is -1.65. The number of halogens is 1. The first kappa shape index (κ1) is 13.0. The molecule has 2 aromatic rings. The van der Waals surface area contributed by atoms with Gasteiger partial charge in [-0.15, -0.1) is 0 Å². The fourth-order valence-corrected chi connectivity index (χ4v) is 2.13. The number of aromatic nitrogens is 2. The van der Waals surface area contributed by atoms with Crippen LogP contribution in [0.2, 0.25) is 0 Å². The fourth-order valence-electron chi connectivity index (χ4n) is 1.34. The van der Waals surface area contributed by atoms with Crippen LogP contribution in [0.5, 0.6) is 0 Å². The maximum absolute atomic E-state index is 13.6. The van der Waals surface area contributed by atoms with Crippen LogP contribution in [0.4, 0.5) is 4.39 Å². The molecule has 0 spiro atoms. The highest BCUT2D eigenvalue weighted by molar-refractivity contribution is 7.98. The zero-order valence-corrected chi connectivity index (χ0v) is 10.1. The molecule has 92 valence electrons. The lowest BCUT2D eigenvalue weighted by molar-refractivity contribution is 0.425. The molecule has 0 fully saturated rings. The highest BCUT2D eigenvalue weighted by atomic mass is 32.2. The van der Waals surface area contributed by atoms with Crippen LogP contribution in [0.3, 0.4) is 0 Å². The van der Waals surface area contributed by atoms with Crippen molar-refractivity contribution in [2.75, 3.05) is 0 Å². The molecule has 0 saturated heterocycles. The Kier molecular flexibility index (Phi) is 4.30. The molecular weight excluding hydrogens is 254 g/mol. The fraction of sp³-hybridized carbons (Fsp3) is 0.0909. The molecular formula is C11H10BFN2O2S. The van der Waals surface area contributed by atoms with Gasteiger partial charge in [-0.1, -0.05) is 23.9 Å². The number of benzene rings is 1.